The van der Waals surface area contributed by atoms with Crippen molar-refractivity contribution in [1.82, 2.24) is 4.98 Å². The molecule has 1 aliphatic heterocycles. The second-order valence-corrected chi connectivity index (χ2v) is 2.99. The van der Waals surface area contributed by atoms with E-state index >= 15 is 0 Å². The highest BCUT2D eigenvalue weighted by atomic mass is 15.0. The molecule has 2 heterocycles. The Kier molecular flexibility index (Phi) is 1.22. The summed E-state index contributed by atoms with van der Waals surface area (Å²) >= 11 is 0. The third kappa shape index (κ3) is 0.935. The highest BCUT2D eigenvalue weighted by molar-refractivity contribution is 5.77. The van der Waals surface area contributed by atoms with Crippen molar-refractivity contribution in [2.24, 2.45) is 9.98 Å². The largest absolute Gasteiger partial charge is 0.260 e. The van der Waals surface area contributed by atoms with Crippen molar-refractivity contribution < 1.29 is 0 Å². The summed E-state index contributed by atoms with van der Waals surface area (Å²) in [5, 5.41) is 3.08. The zero-order chi connectivity index (χ0) is 8.67. The summed E-state index contributed by atoms with van der Waals surface area (Å²) in [6.45, 7) is 0.561. The zero-order valence-corrected chi connectivity index (χ0v) is 6.94. The van der Waals surface area contributed by atoms with E-state index in [-0.39, 0.29) is 0 Å². The van der Waals surface area contributed by atoms with Crippen molar-refractivity contribution in [1.29, 1.82) is 0 Å². The van der Waals surface area contributed by atoms with E-state index in [0.29, 0.717) is 6.67 Å². The van der Waals surface area contributed by atoms with Crippen LogP contribution in [-0.2, 0) is 0 Å². The van der Waals surface area contributed by atoms with Crippen LogP contribution >= 0.6 is 0 Å². The van der Waals surface area contributed by atoms with Crippen LogP contribution in [0.25, 0.3) is 10.9 Å². The predicted molar refractivity (Wildman–Crippen MR) is 48.9 cm³/mol. The molecule has 3 nitrogen and oxygen atoms in total. The number of hydrogen-bond acceptors (Lipinski definition) is 3. The van der Waals surface area contributed by atoms with Crippen molar-refractivity contribution in [2.75, 3.05) is 6.67 Å². The van der Waals surface area contributed by atoms with E-state index in [1.165, 1.54) is 0 Å². The number of rotatable bonds is 0. The fourth-order valence-corrected chi connectivity index (χ4v) is 1.54. The summed E-state index contributed by atoms with van der Waals surface area (Å²) in [6, 6.07) is 7.99. The SMILES string of the molecule is c1cnc2cc3c(cc2c1)=NCN=3. The van der Waals surface area contributed by atoms with Crippen molar-refractivity contribution in [3.63, 3.8) is 0 Å². The van der Waals surface area contributed by atoms with Crippen LogP contribution in [0.5, 0.6) is 0 Å². The van der Waals surface area contributed by atoms with Crippen LogP contribution in [0.3, 0.4) is 0 Å². The lowest BCUT2D eigenvalue weighted by atomic mass is 10.2. The monoisotopic (exact) mass is 169 g/mol. The fourth-order valence-electron chi connectivity index (χ4n) is 1.54. The lowest BCUT2D eigenvalue weighted by Gasteiger charge is -1.92. The van der Waals surface area contributed by atoms with Gasteiger partial charge in [-0.3, -0.25) is 15.0 Å². The third-order valence-electron chi connectivity index (χ3n) is 2.18. The Morgan fingerprint density at radius 1 is 1.08 bits per heavy atom. The van der Waals surface area contributed by atoms with Crippen LogP contribution in [-0.4, -0.2) is 11.7 Å². The van der Waals surface area contributed by atoms with Crippen LogP contribution < -0.4 is 10.7 Å². The molecular weight excluding hydrogens is 162 g/mol. The van der Waals surface area contributed by atoms with Gasteiger partial charge in [-0.1, -0.05) is 6.07 Å². The molecule has 1 aromatic carbocycles. The number of aromatic nitrogens is 1. The van der Waals surface area contributed by atoms with Gasteiger partial charge in [0.2, 0.25) is 0 Å². The first-order chi connectivity index (χ1) is 6.43. The first-order valence-electron chi connectivity index (χ1n) is 4.17. The second kappa shape index (κ2) is 2.36. The van der Waals surface area contributed by atoms with Crippen LogP contribution in [0, 0.1) is 0 Å². The molecule has 0 radical (unpaired) electrons. The predicted octanol–water partition coefficient (Wildman–Crippen LogP) is 0.445. The standard InChI is InChI=1S/C10H7N3/c1-2-7-4-9-10(13-6-12-9)5-8(7)11-3-1/h1-5H,6H2. The van der Waals surface area contributed by atoms with Gasteiger partial charge in [0.05, 0.1) is 16.2 Å². The minimum Gasteiger partial charge on any atom is -0.260 e. The van der Waals surface area contributed by atoms with E-state index in [2.05, 4.69) is 15.0 Å². The molecule has 0 N–H and O–H groups in total. The van der Waals surface area contributed by atoms with E-state index in [1.807, 2.05) is 24.3 Å². The Bertz CT molecular complexity index is 534. The Labute approximate surface area is 74.5 Å². The highest BCUT2D eigenvalue weighted by Gasteiger charge is 1.99. The zero-order valence-electron chi connectivity index (χ0n) is 6.94. The lowest BCUT2D eigenvalue weighted by Crippen LogP contribution is -2.20. The molecule has 0 fully saturated rings. The molecule has 2 aromatic rings. The average Bonchev–Trinajstić information content (AvgIpc) is 2.61. The maximum Gasteiger partial charge on any atom is 0.130 e. The molecule has 0 amide bonds. The summed E-state index contributed by atoms with van der Waals surface area (Å²) < 4.78 is 0. The lowest BCUT2D eigenvalue weighted by molar-refractivity contribution is 1.06. The van der Waals surface area contributed by atoms with Crippen molar-refractivity contribution >= 4 is 10.9 Å². The van der Waals surface area contributed by atoms with E-state index in [0.717, 1.165) is 21.6 Å². The van der Waals surface area contributed by atoms with Gasteiger partial charge in [-0.2, -0.15) is 0 Å². The van der Waals surface area contributed by atoms with Gasteiger partial charge in [-0.15, -0.1) is 0 Å². The van der Waals surface area contributed by atoms with Crippen molar-refractivity contribution in [3.05, 3.63) is 41.2 Å². The summed E-state index contributed by atoms with van der Waals surface area (Å²) in [5.41, 5.74) is 0.988. The number of nitrogens with zero attached hydrogens (tertiary/aromatic N) is 3. The van der Waals surface area contributed by atoms with Crippen LogP contribution in [0.15, 0.2) is 40.4 Å². The molecule has 1 aliphatic rings. The minimum absolute atomic E-state index is 0.561. The first-order valence-corrected chi connectivity index (χ1v) is 4.17. The number of hydrogen-bond donors (Lipinski definition) is 0. The normalized spacial score (nSPS) is 13.5. The fraction of sp³-hybridized carbons (Fsp3) is 0.100. The molecule has 0 atom stereocenters. The van der Waals surface area contributed by atoms with E-state index in [9.17, 15) is 0 Å². The Hall–Kier alpha value is -1.77. The molecule has 13 heavy (non-hydrogen) atoms. The van der Waals surface area contributed by atoms with Gasteiger partial charge in [0.1, 0.15) is 6.67 Å². The van der Waals surface area contributed by atoms with Gasteiger partial charge in [0.25, 0.3) is 0 Å². The molecule has 0 aliphatic carbocycles. The van der Waals surface area contributed by atoms with Crippen molar-refractivity contribution in [3.8, 4) is 0 Å². The molecular formula is C10H7N3. The summed E-state index contributed by atoms with van der Waals surface area (Å²) in [5.74, 6) is 0. The van der Waals surface area contributed by atoms with Crippen LogP contribution in [0.4, 0.5) is 0 Å². The van der Waals surface area contributed by atoms with Gasteiger partial charge in [-0.05, 0) is 18.2 Å². The number of pyridine rings is 1. The Balaban J connectivity index is 2.58. The smallest absolute Gasteiger partial charge is 0.130 e. The van der Waals surface area contributed by atoms with Crippen LogP contribution in [0.2, 0.25) is 0 Å². The topological polar surface area (TPSA) is 37.6 Å². The maximum atomic E-state index is 4.26. The third-order valence-corrected chi connectivity index (χ3v) is 2.18. The molecule has 0 spiro atoms. The van der Waals surface area contributed by atoms with Gasteiger partial charge in [0.15, 0.2) is 0 Å². The minimum atomic E-state index is 0.561. The quantitative estimate of drug-likeness (QED) is 0.564. The second-order valence-electron chi connectivity index (χ2n) is 2.99. The van der Waals surface area contributed by atoms with Gasteiger partial charge in [-0.25, -0.2) is 0 Å². The Morgan fingerprint density at radius 3 is 2.85 bits per heavy atom. The van der Waals surface area contributed by atoms with Gasteiger partial charge >= 0.3 is 0 Å². The number of benzene rings is 1. The van der Waals surface area contributed by atoms with E-state index in [1.54, 1.807) is 6.20 Å². The van der Waals surface area contributed by atoms with Crippen molar-refractivity contribution in [2.45, 2.75) is 0 Å². The van der Waals surface area contributed by atoms with E-state index < -0.39 is 0 Å². The van der Waals surface area contributed by atoms with Gasteiger partial charge in [0, 0.05) is 11.6 Å². The average molecular weight is 169 g/mol. The first kappa shape index (κ1) is 6.71. The molecule has 3 heteroatoms. The summed E-state index contributed by atoms with van der Waals surface area (Å²) in [4.78, 5) is 12.8. The van der Waals surface area contributed by atoms with Gasteiger partial charge < -0.3 is 0 Å². The van der Waals surface area contributed by atoms with Crippen LogP contribution in [0.1, 0.15) is 0 Å². The molecule has 3 rings (SSSR count). The van der Waals surface area contributed by atoms with E-state index in [4.69, 9.17) is 0 Å². The molecule has 0 unspecified atom stereocenters. The summed E-state index contributed by atoms with van der Waals surface area (Å²) in [6.07, 6.45) is 1.79. The maximum absolute atomic E-state index is 4.26. The highest BCUT2D eigenvalue weighted by Crippen LogP contribution is 2.04. The molecule has 0 bridgehead atoms. The molecule has 62 valence electrons. The molecule has 0 saturated carbocycles. The summed E-state index contributed by atoms with van der Waals surface area (Å²) in [7, 11) is 0. The Morgan fingerprint density at radius 2 is 1.92 bits per heavy atom. The molecule has 0 saturated heterocycles. The molecule has 1 aromatic heterocycles. The number of fused-ring (bicyclic) bond motifs is 2.